The molecule has 2 N–H and O–H groups in total. The summed E-state index contributed by atoms with van der Waals surface area (Å²) >= 11 is 7.90. The lowest BCUT2D eigenvalue weighted by molar-refractivity contribution is 0.156. The number of halogens is 1. The minimum atomic E-state index is 0.343. The van der Waals surface area contributed by atoms with Crippen molar-refractivity contribution in [2.75, 3.05) is 13.1 Å². The topological polar surface area (TPSA) is 42.2 Å². The van der Waals surface area contributed by atoms with Gasteiger partial charge in [0.2, 0.25) is 0 Å². The van der Waals surface area contributed by atoms with Gasteiger partial charge in [0.05, 0.1) is 10.7 Å². The number of hydrogen-bond donors (Lipinski definition) is 1. The van der Waals surface area contributed by atoms with E-state index in [9.17, 15) is 0 Å². The molecule has 1 aromatic heterocycles. The molecular weight excluding hydrogens is 302 g/mol. The van der Waals surface area contributed by atoms with Gasteiger partial charge < -0.3 is 5.73 Å². The second kappa shape index (κ2) is 6.44. The van der Waals surface area contributed by atoms with Gasteiger partial charge in [-0.15, -0.1) is 11.3 Å². The number of hydrogen-bond acceptors (Lipinski definition) is 4. The van der Waals surface area contributed by atoms with Crippen molar-refractivity contribution in [3.05, 3.63) is 40.4 Å². The average Bonchev–Trinajstić information content (AvgIpc) is 2.92. The maximum Gasteiger partial charge on any atom is 0.125 e. The van der Waals surface area contributed by atoms with Crippen molar-refractivity contribution in [2.45, 2.75) is 25.9 Å². The Hall–Kier alpha value is -0.940. The Bertz CT molecular complexity index is 613. The van der Waals surface area contributed by atoms with E-state index in [4.69, 9.17) is 22.3 Å². The normalized spacial score (nSPS) is 23.4. The van der Waals surface area contributed by atoms with Crippen molar-refractivity contribution in [3.8, 4) is 10.6 Å². The Labute approximate surface area is 134 Å². The number of nitrogens with two attached hydrogens (primary N) is 1. The summed E-state index contributed by atoms with van der Waals surface area (Å²) in [4.78, 5) is 7.18. The lowest BCUT2D eigenvalue weighted by Crippen LogP contribution is -2.45. The molecule has 1 aromatic carbocycles. The van der Waals surface area contributed by atoms with Crippen LogP contribution in [0.1, 0.15) is 19.0 Å². The number of likely N-dealkylation sites (tertiary alicyclic amines) is 1. The summed E-state index contributed by atoms with van der Waals surface area (Å²) in [6.45, 7) is 5.25. The summed E-state index contributed by atoms with van der Waals surface area (Å²) in [5, 5.41) is 3.89. The van der Waals surface area contributed by atoms with Crippen molar-refractivity contribution in [1.82, 2.24) is 9.88 Å². The highest BCUT2D eigenvalue weighted by Gasteiger charge is 2.23. The lowest BCUT2D eigenvalue weighted by atomic mass is 9.95. The van der Waals surface area contributed by atoms with Crippen LogP contribution in [-0.4, -0.2) is 29.0 Å². The molecule has 1 fully saturated rings. The van der Waals surface area contributed by atoms with Gasteiger partial charge in [-0.3, -0.25) is 4.90 Å². The Morgan fingerprint density at radius 2 is 2.24 bits per heavy atom. The Morgan fingerprint density at radius 3 is 3.00 bits per heavy atom. The summed E-state index contributed by atoms with van der Waals surface area (Å²) in [6, 6.07) is 8.21. The summed E-state index contributed by atoms with van der Waals surface area (Å²) < 4.78 is 0. The number of benzene rings is 1. The number of piperidine rings is 1. The first-order chi connectivity index (χ1) is 10.1. The lowest BCUT2D eigenvalue weighted by Gasteiger charge is -2.34. The maximum atomic E-state index is 6.24. The van der Waals surface area contributed by atoms with Crippen LogP contribution in [0.15, 0.2) is 29.6 Å². The summed E-state index contributed by atoms with van der Waals surface area (Å²) in [5.74, 6) is 0.556. The summed E-state index contributed by atoms with van der Waals surface area (Å²) in [7, 11) is 0. The molecule has 2 unspecified atom stereocenters. The summed E-state index contributed by atoms with van der Waals surface area (Å²) in [5.41, 5.74) is 8.22. The van der Waals surface area contributed by atoms with Crippen molar-refractivity contribution in [3.63, 3.8) is 0 Å². The Kier molecular flexibility index (Phi) is 4.60. The van der Waals surface area contributed by atoms with Crippen LogP contribution < -0.4 is 5.73 Å². The molecule has 0 aliphatic carbocycles. The standard InChI is InChI=1S/C16H20ClN3S/c1-11-8-20(7-6-15(11)18)9-12-10-21-16(19-12)13-4-2-3-5-14(13)17/h2-5,10-11,15H,6-9,18H2,1H3. The van der Waals surface area contributed by atoms with Crippen LogP contribution in [0.25, 0.3) is 10.6 Å². The molecule has 1 aliphatic heterocycles. The number of thiazole rings is 1. The van der Waals surface area contributed by atoms with Crippen LogP contribution in [0.4, 0.5) is 0 Å². The fourth-order valence-corrected chi connectivity index (χ4v) is 3.89. The third kappa shape index (κ3) is 3.46. The summed E-state index contributed by atoms with van der Waals surface area (Å²) in [6.07, 6.45) is 1.07. The number of nitrogens with zero attached hydrogens (tertiary/aromatic N) is 2. The third-order valence-corrected chi connectivity index (χ3v) is 5.35. The van der Waals surface area contributed by atoms with Crippen LogP contribution in [0.5, 0.6) is 0 Å². The van der Waals surface area contributed by atoms with E-state index in [-0.39, 0.29) is 0 Å². The highest BCUT2D eigenvalue weighted by molar-refractivity contribution is 7.13. The Balaban J connectivity index is 1.70. The molecular formula is C16H20ClN3S. The highest BCUT2D eigenvalue weighted by Crippen LogP contribution is 2.30. The van der Waals surface area contributed by atoms with Crippen LogP contribution in [-0.2, 0) is 6.54 Å². The van der Waals surface area contributed by atoms with E-state index in [0.29, 0.717) is 12.0 Å². The molecule has 0 saturated carbocycles. The number of rotatable bonds is 3. The van der Waals surface area contributed by atoms with Crippen LogP contribution >= 0.6 is 22.9 Å². The first-order valence-electron chi connectivity index (χ1n) is 7.30. The van der Waals surface area contributed by atoms with E-state index in [1.165, 1.54) is 0 Å². The molecule has 1 aliphatic rings. The fourth-order valence-electron chi connectivity index (χ4n) is 2.76. The van der Waals surface area contributed by atoms with Gasteiger partial charge in [0, 0.05) is 36.6 Å². The molecule has 112 valence electrons. The van der Waals surface area contributed by atoms with E-state index >= 15 is 0 Å². The van der Waals surface area contributed by atoms with E-state index in [2.05, 4.69) is 17.2 Å². The van der Waals surface area contributed by atoms with E-state index < -0.39 is 0 Å². The molecule has 0 radical (unpaired) electrons. The molecule has 21 heavy (non-hydrogen) atoms. The van der Waals surface area contributed by atoms with Crippen molar-refractivity contribution < 1.29 is 0 Å². The Morgan fingerprint density at radius 1 is 1.43 bits per heavy atom. The van der Waals surface area contributed by atoms with Gasteiger partial charge in [-0.1, -0.05) is 36.7 Å². The fraction of sp³-hybridized carbons (Fsp3) is 0.438. The van der Waals surface area contributed by atoms with Gasteiger partial charge in [-0.25, -0.2) is 4.98 Å². The van der Waals surface area contributed by atoms with Crippen molar-refractivity contribution >= 4 is 22.9 Å². The molecule has 1 saturated heterocycles. The molecule has 0 bridgehead atoms. The van der Waals surface area contributed by atoms with E-state index in [0.717, 1.165) is 47.3 Å². The van der Waals surface area contributed by atoms with Crippen LogP contribution in [0.3, 0.4) is 0 Å². The zero-order valence-electron chi connectivity index (χ0n) is 12.1. The molecule has 0 spiro atoms. The quantitative estimate of drug-likeness (QED) is 0.938. The molecule has 2 heterocycles. The first kappa shape index (κ1) is 15.0. The SMILES string of the molecule is CC1CN(Cc2csc(-c3ccccc3Cl)n2)CCC1N. The number of aromatic nitrogens is 1. The zero-order chi connectivity index (χ0) is 14.8. The van der Waals surface area contributed by atoms with Crippen LogP contribution in [0, 0.1) is 5.92 Å². The second-order valence-corrected chi connectivity index (χ2v) is 7.05. The monoisotopic (exact) mass is 321 g/mol. The molecule has 5 heteroatoms. The van der Waals surface area contributed by atoms with E-state index in [1.54, 1.807) is 11.3 Å². The van der Waals surface area contributed by atoms with Gasteiger partial charge in [-0.05, 0) is 18.4 Å². The molecule has 2 atom stereocenters. The van der Waals surface area contributed by atoms with E-state index in [1.807, 2.05) is 24.3 Å². The van der Waals surface area contributed by atoms with Gasteiger partial charge in [0.15, 0.2) is 0 Å². The molecule has 3 rings (SSSR count). The minimum absolute atomic E-state index is 0.343. The smallest absolute Gasteiger partial charge is 0.125 e. The predicted octanol–water partition coefficient (Wildman–Crippen LogP) is 3.63. The first-order valence-corrected chi connectivity index (χ1v) is 8.56. The van der Waals surface area contributed by atoms with Gasteiger partial charge in [-0.2, -0.15) is 0 Å². The molecule has 0 amide bonds. The minimum Gasteiger partial charge on any atom is -0.327 e. The second-order valence-electron chi connectivity index (χ2n) is 5.79. The predicted molar refractivity (Wildman–Crippen MR) is 89.6 cm³/mol. The van der Waals surface area contributed by atoms with Gasteiger partial charge in [0.25, 0.3) is 0 Å². The molecule has 3 nitrogen and oxygen atoms in total. The van der Waals surface area contributed by atoms with Gasteiger partial charge in [0.1, 0.15) is 5.01 Å². The highest BCUT2D eigenvalue weighted by atomic mass is 35.5. The zero-order valence-corrected chi connectivity index (χ0v) is 13.7. The largest absolute Gasteiger partial charge is 0.327 e. The maximum absolute atomic E-state index is 6.24. The third-order valence-electron chi connectivity index (χ3n) is 4.10. The van der Waals surface area contributed by atoms with Crippen LogP contribution in [0.2, 0.25) is 5.02 Å². The van der Waals surface area contributed by atoms with Gasteiger partial charge >= 0.3 is 0 Å². The molecule has 2 aromatic rings. The average molecular weight is 322 g/mol. The van der Waals surface area contributed by atoms with Crippen molar-refractivity contribution in [2.24, 2.45) is 11.7 Å². The van der Waals surface area contributed by atoms with Crippen molar-refractivity contribution in [1.29, 1.82) is 0 Å².